The van der Waals surface area contributed by atoms with Gasteiger partial charge in [-0.2, -0.15) is 9.67 Å². The van der Waals surface area contributed by atoms with E-state index in [1.165, 1.54) is 49.5 Å². The summed E-state index contributed by atoms with van der Waals surface area (Å²) in [5, 5.41) is 17.4. The van der Waals surface area contributed by atoms with E-state index in [1.807, 2.05) is 0 Å². The van der Waals surface area contributed by atoms with Crippen LogP contribution in [0, 0.1) is 24.5 Å². The topological polar surface area (TPSA) is 96.7 Å². The van der Waals surface area contributed by atoms with Gasteiger partial charge in [0.1, 0.15) is 11.5 Å². The molecule has 2 N–H and O–H groups in total. The zero-order chi connectivity index (χ0) is 22.8. The van der Waals surface area contributed by atoms with Gasteiger partial charge in [0.2, 0.25) is 5.95 Å². The van der Waals surface area contributed by atoms with Crippen molar-refractivity contribution < 1.29 is 8.78 Å². The number of anilines is 3. The number of nitrogens with zero attached hydrogens (tertiary/aromatic N) is 7. The number of halogens is 2. The van der Waals surface area contributed by atoms with Crippen LogP contribution in [0.3, 0.4) is 0 Å². The molecular formula is C22H27F2N9. The average molecular weight is 456 g/mol. The lowest BCUT2D eigenvalue weighted by atomic mass is 9.83. The predicted octanol–water partition coefficient (Wildman–Crippen LogP) is 3.46. The van der Waals surface area contributed by atoms with E-state index < -0.39 is 11.6 Å². The fourth-order valence-corrected chi connectivity index (χ4v) is 4.93. The first-order chi connectivity index (χ1) is 16.1. The second-order valence-electron chi connectivity index (χ2n) is 8.70. The standard InChI is InChI=1S/C22H27F2N9/c1-14-29-30-31-33(14)20-11-16(7-8-17(20)23)27-22-26-13-18(24)21(28-22)25-12-15-5-4-10-32-9-3-2-6-19(15)32/h7-8,11,13,15,19H,2-6,9-10,12H2,1H3,(H2,25,26,27,28). The Labute approximate surface area is 190 Å². The van der Waals surface area contributed by atoms with Gasteiger partial charge >= 0.3 is 0 Å². The van der Waals surface area contributed by atoms with Crippen LogP contribution >= 0.6 is 0 Å². The van der Waals surface area contributed by atoms with E-state index in [0.717, 1.165) is 12.6 Å². The van der Waals surface area contributed by atoms with Crippen LogP contribution < -0.4 is 10.6 Å². The number of piperidine rings is 2. The maximum Gasteiger partial charge on any atom is 0.229 e. The van der Waals surface area contributed by atoms with Crippen molar-refractivity contribution in [3.63, 3.8) is 0 Å². The molecule has 0 spiro atoms. The quantitative estimate of drug-likeness (QED) is 0.583. The zero-order valence-electron chi connectivity index (χ0n) is 18.5. The molecule has 0 aliphatic carbocycles. The molecule has 9 nitrogen and oxygen atoms in total. The van der Waals surface area contributed by atoms with E-state index in [0.29, 0.717) is 30.0 Å². The Morgan fingerprint density at radius 3 is 2.82 bits per heavy atom. The molecule has 4 heterocycles. The normalized spacial score (nSPS) is 20.9. The Hall–Kier alpha value is -3.21. The Morgan fingerprint density at radius 2 is 1.97 bits per heavy atom. The average Bonchev–Trinajstić information content (AvgIpc) is 3.26. The summed E-state index contributed by atoms with van der Waals surface area (Å²) in [7, 11) is 0. The van der Waals surface area contributed by atoms with Crippen LogP contribution in [0.2, 0.25) is 0 Å². The van der Waals surface area contributed by atoms with Crippen LogP contribution in [0.5, 0.6) is 0 Å². The van der Waals surface area contributed by atoms with Crippen molar-refractivity contribution >= 4 is 17.5 Å². The van der Waals surface area contributed by atoms with Gasteiger partial charge < -0.3 is 15.5 Å². The van der Waals surface area contributed by atoms with Crippen molar-refractivity contribution in [1.82, 2.24) is 35.1 Å². The molecule has 1 aromatic carbocycles. The first-order valence-electron chi connectivity index (χ1n) is 11.4. The number of nitrogens with one attached hydrogen (secondary N) is 2. The minimum atomic E-state index is -0.499. The molecule has 2 unspecified atom stereocenters. The largest absolute Gasteiger partial charge is 0.367 e. The number of hydrogen-bond acceptors (Lipinski definition) is 8. The molecule has 2 fully saturated rings. The fraction of sp³-hybridized carbons (Fsp3) is 0.500. The highest BCUT2D eigenvalue weighted by atomic mass is 19.1. The van der Waals surface area contributed by atoms with Crippen LogP contribution in [-0.2, 0) is 0 Å². The number of rotatable bonds is 6. The van der Waals surface area contributed by atoms with Crippen molar-refractivity contribution in [1.29, 1.82) is 0 Å². The summed E-state index contributed by atoms with van der Waals surface area (Å²) in [6.07, 6.45) is 7.19. The molecular weight excluding hydrogens is 428 g/mol. The highest BCUT2D eigenvalue weighted by Crippen LogP contribution is 2.31. The van der Waals surface area contributed by atoms with E-state index in [9.17, 15) is 8.78 Å². The minimum Gasteiger partial charge on any atom is -0.367 e. The van der Waals surface area contributed by atoms with Gasteiger partial charge in [-0.3, -0.25) is 0 Å². The zero-order valence-corrected chi connectivity index (χ0v) is 18.5. The van der Waals surface area contributed by atoms with Gasteiger partial charge in [-0.15, -0.1) is 5.10 Å². The third-order valence-electron chi connectivity index (χ3n) is 6.56. The molecule has 2 aliphatic heterocycles. The molecule has 0 bridgehead atoms. The summed E-state index contributed by atoms with van der Waals surface area (Å²) in [4.78, 5) is 11.0. The van der Waals surface area contributed by atoms with Crippen LogP contribution in [-0.4, -0.2) is 60.8 Å². The highest BCUT2D eigenvalue weighted by Gasteiger charge is 2.32. The molecule has 2 saturated heterocycles. The molecule has 0 radical (unpaired) electrons. The Kier molecular flexibility index (Phi) is 6.12. The molecule has 174 valence electrons. The molecule has 5 rings (SSSR count). The van der Waals surface area contributed by atoms with E-state index in [-0.39, 0.29) is 17.5 Å². The third-order valence-corrected chi connectivity index (χ3v) is 6.56. The van der Waals surface area contributed by atoms with Crippen molar-refractivity contribution in [3.8, 4) is 5.69 Å². The summed E-state index contributed by atoms with van der Waals surface area (Å²) in [5.74, 6) is 0.342. The lowest BCUT2D eigenvalue weighted by Crippen LogP contribution is -2.49. The van der Waals surface area contributed by atoms with Crippen molar-refractivity contribution in [3.05, 3.63) is 41.9 Å². The fourth-order valence-electron chi connectivity index (χ4n) is 4.93. The van der Waals surface area contributed by atoms with Crippen LogP contribution in [0.1, 0.15) is 37.9 Å². The number of aromatic nitrogens is 6. The molecule has 33 heavy (non-hydrogen) atoms. The van der Waals surface area contributed by atoms with E-state index >= 15 is 0 Å². The van der Waals surface area contributed by atoms with E-state index in [1.54, 1.807) is 19.1 Å². The predicted molar refractivity (Wildman–Crippen MR) is 120 cm³/mol. The summed E-state index contributed by atoms with van der Waals surface area (Å²) < 4.78 is 30.1. The van der Waals surface area contributed by atoms with Crippen LogP contribution in [0.25, 0.3) is 5.69 Å². The second-order valence-corrected chi connectivity index (χ2v) is 8.70. The molecule has 3 aromatic rings. The summed E-state index contributed by atoms with van der Waals surface area (Å²) in [5.41, 5.74) is 0.723. The molecule has 0 saturated carbocycles. The Balaban J connectivity index is 1.30. The molecule has 2 aliphatic rings. The first kappa shape index (κ1) is 21.6. The van der Waals surface area contributed by atoms with Gasteiger partial charge in [0.15, 0.2) is 17.5 Å². The number of benzene rings is 1. The molecule has 2 aromatic heterocycles. The summed E-state index contributed by atoms with van der Waals surface area (Å²) >= 11 is 0. The van der Waals surface area contributed by atoms with Crippen LogP contribution in [0.15, 0.2) is 24.4 Å². The minimum absolute atomic E-state index is 0.166. The first-order valence-corrected chi connectivity index (χ1v) is 11.4. The van der Waals surface area contributed by atoms with Gasteiger partial charge in [-0.05, 0) is 80.2 Å². The van der Waals surface area contributed by atoms with Gasteiger partial charge in [-0.1, -0.05) is 6.42 Å². The van der Waals surface area contributed by atoms with E-state index in [2.05, 4.69) is 41.0 Å². The monoisotopic (exact) mass is 455 g/mol. The number of fused-ring (bicyclic) bond motifs is 1. The van der Waals surface area contributed by atoms with Gasteiger partial charge in [0.05, 0.1) is 6.20 Å². The smallest absolute Gasteiger partial charge is 0.229 e. The molecule has 2 atom stereocenters. The van der Waals surface area contributed by atoms with Gasteiger partial charge in [0, 0.05) is 18.3 Å². The van der Waals surface area contributed by atoms with E-state index in [4.69, 9.17) is 0 Å². The lowest BCUT2D eigenvalue weighted by molar-refractivity contribution is 0.0648. The number of aryl methyl sites for hydroxylation is 1. The summed E-state index contributed by atoms with van der Waals surface area (Å²) in [6, 6.07) is 4.98. The lowest BCUT2D eigenvalue weighted by Gasteiger charge is -2.44. The maximum absolute atomic E-state index is 14.4. The van der Waals surface area contributed by atoms with Gasteiger partial charge in [-0.25, -0.2) is 13.8 Å². The summed E-state index contributed by atoms with van der Waals surface area (Å²) in [6.45, 7) is 4.69. The Morgan fingerprint density at radius 1 is 1.09 bits per heavy atom. The Bertz CT molecular complexity index is 1120. The molecule has 11 heteroatoms. The van der Waals surface area contributed by atoms with Crippen molar-refractivity contribution in [2.45, 2.75) is 45.1 Å². The third kappa shape index (κ3) is 4.63. The molecule has 0 amide bonds. The highest BCUT2D eigenvalue weighted by molar-refractivity contribution is 5.59. The number of tetrazole rings is 1. The SMILES string of the molecule is Cc1nnnn1-c1cc(Nc2ncc(F)c(NCC3CCCN4CCCCC34)n2)ccc1F. The van der Waals surface area contributed by atoms with Gasteiger partial charge in [0.25, 0.3) is 0 Å². The maximum atomic E-state index is 14.4. The number of hydrogen-bond donors (Lipinski definition) is 2. The van der Waals surface area contributed by atoms with Crippen molar-refractivity contribution in [2.24, 2.45) is 5.92 Å². The van der Waals surface area contributed by atoms with Crippen molar-refractivity contribution in [2.75, 3.05) is 30.3 Å². The van der Waals surface area contributed by atoms with Crippen LogP contribution in [0.4, 0.5) is 26.2 Å². The second kappa shape index (κ2) is 9.34.